The van der Waals surface area contributed by atoms with Crippen molar-refractivity contribution in [1.82, 2.24) is 10.6 Å². The van der Waals surface area contributed by atoms with E-state index in [0.717, 1.165) is 36.8 Å². The Bertz CT molecular complexity index is 543. The van der Waals surface area contributed by atoms with Crippen LogP contribution in [0.5, 0.6) is 0 Å². The highest BCUT2D eigenvalue weighted by Gasteiger charge is 2.31. The van der Waals surface area contributed by atoms with Crippen molar-refractivity contribution in [2.45, 2.75) is 45.1 Å². The molecule has 1 aliphatic rings. The van der Waals surface area contributed by atoms with Crippen molar-refractivity contribution in [3.05, 3.63) is 34.9 Å². The SMILES string of the molecule is Cc1cc(C)cc(C(=O)NCC(=O)NCC2(O)CCCC2)c1. The fourth-order valence-corrected chi connectivity index (χ4v) is 2.90. The summed E-state index contributed by atoms with van der Waals surface area (Å²) in [7, 11) is 0. The average Bonchev–Trinajstić information content (AvgIpc) is 2.89. The van der Waals surface area contributed by atoms with E-state index < -0.39 is 5.60 Å². The summed E-state index contributed by atoms with van der Waals surface area (Å²) in [6.45, 7) is 4.03. The molecular weight excluding hydrogens is 280 g/mol. The number of hydrogen-bond acceptors (Lipinski definition) is 3. The Balaban J connectivity index is 1.79. The third kappa shape index (κ3) is 4.56. The second-order valence-corrected chi connectivity index (χ2v) is 6.27. The van der Waals surface area contributed by atoms with Gasteiger partial charge in [-0.25, -0.2) is 0 Å². The molecule has 5 heteroatoms. The van der Waals surface area contributed by atoms with Crippen LogP contribution in [0, 0.1) is 13.8 Å². The monoisotopic (exact) mass is 304 g/mol. The minimum Gasteiger partial charge on any atom is -0.388 e. The molecule has 22 heavy (non-hydrogen) atoms. The zero-order chi connectivity index (χ0) is 16.2. The van der Waals surface area contributed by atoms with Gasteiger partial charge in [-0.05, 0) is 38.8 Å². The lowest BCUT2D eigenvalue weighted by Gasteiger charge is -2.22. The van der Waals surface area contributed by atoms with Crippen molar-refractivity contribution < 1.29 is 14.7 Å². The van der Waals surface area contributed by atoms with Crippen molar-refractivity contribution in [3.8, 4) is 0 Å². The van der Waals surface area contributed by atoms with Gasteiger partial charge >= 0.3 is 0 Å². The molecule has 1 aromatic rings. The second kappa shape index (κ2) is 6.92. The smallest absolute Gasteiger partial charge is 0.251 e. The van der Waals surface area contributed by atoms with Crippen LogP contribution in [0.4, 0.5) is 0 Å². The van der Waals surface area contributed by atoms with Gasteiger partial charge in [-0.1, -0.05) is 30.0 Å². The van der Waals surface area contributed by atoms with Crippen LogP contribution in [0.15, 0.2) is 18.2 Å². The normalized spacial score (nSPS) is 16.3. The van der Waals surface area contributed by atoms with E-state index in [2.05, 4.69) is 10.6 Å². The molecule has 3 N–H and O–H groups in total. The van der Waals surface area contributed by atoms with E-state index in [9.17, 15) is 14.7 Å². The number of hydrogen-bond donors (Lipinski definition) is 3. The molecule has 2 amide bonds. The summed E-state index contributed by atoms with van der Waals surface area (Å²) in [5.41, 5.74) is 1.81. The van der Waals surface area contributed by atoms with E-state index >= 15 is 0 Å². The number of amides is 2. The topological polar surface area (TPSA) is 78.4 Å². The van der Waals surface area contributed by atoms with E-state index in [0.29, 0.717) is 5.56 Å². The van der Waals surface area contributed by atoms with Crippen LogP contribution in [0.3, 0.4) is 0 Å². The molecule has 0 aromatic heterocycles. The summed E-state index contributed by atoms with van der Waals surface area (Å²) in [5, 5.41) is 15.5. The zero-order valence-corrected chi connectivity index (χ0v) is 13.2. The highest BCUT2D eigenvalue weighted by molar-refractivity contribution is 5.96. The second-order valence-electron chi connectivity index (χ2n) is 6.27. The molecular formula is C17H24N2O3. The number of benzene rings is 1. The summed E-state index contributed by atoms with van der Waals surface area (Å²) >= 11 is 0. The first-order chi connectivity index (χ1) is 10.4. The number of nitrogens with one attached hydrogen (secondary N) is 2. The summed E-state index contributed by atoms with van der Waals surface area (Å²) in [6, 6.07) is 5.58. The molecule has 0 radical (unpaired) electrons. The van der Waals surface area contributed by atoms with Crippen LogP contribution in [-0.2, 0) is 4.79 Å². The minimum absolute atomic E-state index is 0.0814. The fourth-order valence-electron chi connectivity index (χ4n) is 2.90. The number of rotatable bonds is 5. The maximum atomic E-state index is 12.0. The van der Waals surface area contributed by atoms with Gasteiger partial charge in [0.1, 0.15) is 0 Å². The number of aliphatic hydroxyl groups is 1. The third-order valence-electron chi connectivity index (χ3n) is 4.04. The van der Waals surface area contributed by atoms with Crippen LogP contribution >= 0.6 is 0 Å². The maximum absolute atomic E-state index is 12.0. The molecule has 1 aromatic carbocycles. The van der Waals surface area contributed by atoms with Gasteiger partial charge in [0.2, 0.25) is 5.91 Å². The van der Waals surface area contributed by atoms with Crippen molar-refractivity contribution in [2.24, 2.45) is 0 Å². The Morgan fingerprint density at radius 2 is 1.68 bits per heavy atom. The van der Waals surface area contributed by atoms with Gasteiger partial charge in [-0.15, -0.1) is 0 Å². The predicted molar refractivity (Wildman–Crippen MR) is 84.7 cm³/mol. The van der Waals surface area contributed by atoms with E-state index in [-0.39, 0.29) is 24.9 Å². The molecule has 1 aliphatic carbocycles. The quantitative estimate of drug-likeness (QED) is 0.770. The first kappa shape index (κ1) is 16.5. The Morgan fingerprint density at radius 1 is 1.09 bits per heavy atom. The van der Waals surface area contributed by atoms with Gasteiger partial charge in [0.25, 0.3) is 5.91 Å². The average molecular weight is 304 g/mol. The molecule has 0 aliphatic heterocycles. The standard InChI is InChI=1S/C17H24N2O3/c1-12-7-13(2)9-14(8-12)16(21)18-10-15(20)19-11-17(22)5-3-4-6-17/h7-9,22H,3-6,10-11H2,1-2H3,(H,18,21)(H,19,20). The summed E-state index contributed by atoms with van der Waals surface area (Å²) < 4.78 is 0. The van der Waals surface area contributed by atoms with Crippen LogP contribution in [-0.4, -0.2) is 35.6 Å². The molecule has 0 unspecified atom stereocenters. The Kier molecular flexibility index (Phi) is 5.19. The number of carbonyl (C=O) groups excluding carboxylic acids is 2. The van der Waals surface area contributed by atoms with Crippen LogP contribution in [0.2, 0.25) is 0 Å². The van der Waals surface area contributed by atoms with Crippen molar-refractivity contribution in [1.29, 1.82) is 0 Å². The predicted octanol–water partition coefficient (Wildman–Crippen LogP) is 1.45. The molecule has 0 spiro atoms. The van der Waals surface area contributed by atoms with Gasteiger partial charge in [-0.2, -0.15) is 0 Å². The summed E-state index contributed by atoms with van der Waals surface area (Å²) in [6.07, 6.45) is 3.44. The first-order valence-electron chi connectivity index (χ1n) is 7.74. The summed E-state index contributed by atoms with van der Waals surface area (Å²) in [4.78, 5) is 23.8. The van der Waals surface area contributed by atoms with Gasteiger partial charge < -0.3 is 15.7 Å². The van der Waals surface area contributed by atoms with Crippen LogP contribution < -0.4 is 10.6 Å². The number of aryl methyl sites for hydroxylation is 2. The van der Waals surface area contributed by atoms with E-state index in [1.54, 1.807) is 12.1 Å². The van der Waals surface area contributed by atoms with Gasteiger partial charge in [-0.3, -0.25) is 9.59 Å². The molecule has 1 saturated carbocycles. The fraction of sp³-hybridized carbons (Fsp3) is 0.529. The maximum Gasteiger partial charge on any atom is 0.251 e. The lowest BCUT2D eigenvalue weighted by atomic mass is 10.0. The highest BCUT2D eigenvalue weighted by atomic mass is 16.3. The van der Waals surface area contributed by atoms with Crippen LogP contribution in [0.25, 0.3) is 0 Å². The molecule has 5 nitrogen and oxygen atoms in total. The van der Waals surface area contributed by atoms with Crippen molar-refractivity contribution in [2.75, 3.05) is 13.1 Å². The van der Waals surface area contributed by atoms with Crippen molar-refractivity contribution >= 4 is 11.8 Å². The Morgan fingerprint density at radius 3 is 2.27 bits per heavy atom. The molecule has 1 fully saturated rings. The van der Waals surface area contributed by atoms with Gasteiger partial charge in [0, 0.05) is 12.1 Å². The summed E-state index contributed by atoms with van der Waals surface area (Å²) in [5.74, 6) is -0.542. The molecule has 0 heterocycles. The van der Waals surface area contributed by atoms with Gasteiger partial charge in [0.15, 0.2) is 0 Å². The molecule has 0 saturated heterocycles. The Labute approximate surface area is 131 Å². The lowest BCUT2D eigenvalue weighted by Crippen LogP contribution is -2.44. The minimum atomic E-state index is -0.771. The van der Waals surface area contributed by atoms with E-state index in [1.165, 1.54) is 0 Å². The number of carbonyl (C=O) groups is 2. The van der Waals surface area contributed by atoms with E-state index in [4.69, 9.17) is 0 Å². The molecule has 120 valence electrons. The Hall–Kier alpha value is -1.88. The molecule has 2 rings (SSSR count). The van der Waals surface area contributed by atoms with Gasteiger partial charge in [0.05, 0.1) is 12.1 Å². The zero-order valence-electron chi connectivity index (χ0n) is 13.2. The van der Waals surface area contributed by atoms with Crippen LogP contribution in [0.1, 0.15) is 47.2 Å². The first-order valence-corrected chi connectivity index (χ1v) is 7.74. The van der Waals surface area contributed by atoms with Crippen molar-refractivity contribution in [3.63, 3.8) is 0 Å². The lowest BCUT2D eigenvalue weighted by molar-refractivity contribution is -0.121. The molecule has 0 bridgehead atoms. The van der Waals surface area contributed by atoms with E-state index in [1.807, 2.05) is 19.9 Å². The largest absolute Gasteiger partial charge is 0.388 e. The third-order valence-corrected chi connectivity index (χ3v) is 4.04. The highest BCUT2D eigenvalue weighted by Crippen LogP contribution is 2.28. The molecule has 0 atom stereocenters.